The molecule has 4 heterocycles. The summed E-state index contributed by atoms with van der Waals surface area (Å²) >= 11 is 0. The molecule has 22 heavy (non-hydrogen) atoms. The zero-order valence-electron chi connectivity index (χ0n) is 12.4. The molecule has 0 saturated carbocycles. The van der Waals surface area contributed by atoms with E-state index < -0.39 is 5.41 Å². The number of aromatic nitrogens is 3. The van der Waals surface area contributed by atoms with Crippen molar-refractivity contribution in [2.45, 2.75) is 25.2 Å². The Bertz CT molecular complexity index is 720. The zero-order valence-corrected chi connectivity index (χ0v) is 12.4. The number of carbonyl (C=O) groups is 1. The number of hydrogen-bond acceptors (Lipinski definition) is 5. The van der Waals surface area contributed by atoms with Gasteiger partial charge in [0.2, 0.25) is 5.91 Å². The Labute approximate surface area is 128 Å². The van der Waals surface area contributed by atoms with E-state index in [2.05, 4.69) is 25.2 Å². The maximum absolute atomic E-state index is 12.5. The predicted molar refractivity (Wildman–Crippen MR) is 82.8 cm³/mol. The molecule has 2 aliphatic rings. The van der Waals surface area contributed by atoms with E-state index in [9.17, 15) is 4.79 Å². The minimum atomic E-state index is -0.432. The SMILES string of the molecule is Cc1cnc(N2CCC3(CC2)C(=O)Nc2ncccc23)cn1. The molecule has 2 aromatic rings. The van der Waals surface area contributed by atoms with E-state index >= 15 is 0 Å². The van der Waals surface area contributed by atoms with Crippen LogP contribution in [0.15, 0.2) is 30.7 Å². The van der Waals surface area contributed by atoms with Crippen LogP contribution in [-0.4, -0.2) is 33.9 Å². The highest BCUT2D eigenvalue weighted by molar-refractivity contribution is 6.05. The highest BCUT2D eigenvalue weighted by Gasteiger charge is 2.49. The van der Waals surface area contributed by atoms with Crippen molar-refractivity contribution in [2.75, 3.05) is 23.3 Å². The van der Waals surface area contributed by atoms with Crippen LogP contribution >= 0.6 is 0 Å². The number of fused-ring (bicyclic) bond motifs is 2. The molecule has 1 N–H and O–H groups in total. The second-order valence-corrected chi connectivity index (χ2v) is 5.94. The molecule has 0 aliphatic carbocycles. The van der Waals surface area contributed by atoms with Gasteiger partial charge in [-0.3, -0.25) is 9.78 Å². The van der Waals surface area contributed by atoms with Crippen LogP contribution in [0.1, 0.15) is 24.1 Å². The largest absolute Gasteiger partial charge is 0.355 e. The van der Waals surface area contributed by atoms with E-state index in [1.807, 2.05) is 19.1 Å². The Morgan fingerprint density at radius 1 is 1.18 bits per heavy atom. The third-order valence-electron chi connectivity index (χ3n) is 4.70. The number of rotatable bonds is 1. The topological polar surface area (TPSA) is 71.0 Å². The van der Waals surface area contributed by atoms with E-state index in [0.717, 1.165) is 48.8 Å². The molecule has 4 rings (SSSR count). The van der Waals surface area contributed by atoms with Crippen molar-refractivity contribution in [1.29, 1.82) is 0 Å². The summed E-state index contributed by atoms with van der Waals surface area (Å²) in [5.74, 6) is 1.68. The first kappa shape index (κ1) is 13.2. The van der Waals surface area contributed by atoms with Crippen LogP contribution in [0.4, 0.5) is 11.6 Å². The molecule has 1 saturated heterocycles. The smallest absolute Gasteiger partial charge is 0.236 e. The third-order valence-corrected chi connectivity index (χ3v) is 4.70. The van der Waals surface area contributed by atoms with E-state index in [4.69, 9.17) is 0 Å². The van der Waals surface area contributed by atoms with Gasteiger partial charge in [0, 0.05) is 24.8 Å². The molecule has 0 atom stereocenters. The van der Waals surface area contributed by atoms with E-state index in [1.165, 1.54) is 0 Å². The fourth-order valence-corrected chi connectivity index (χ4v) is 3.40. The quantitative estimate of drug-likeness (QED) is 0.866. The van der Waals surface area contributed by atoms with Gasteiger partial charge in [-0.25, -0.2) is 9.97 Å². The average molecular weight is 295 g/mol. The molecule has 0 unspecified atom stereocenters. The van der Waals surface area contributed by atoms with Crippen molar-refractivity contribution in [2.24, 2.45) is 0 Å². The minimum absolute atomic E-state index is 0.0795. The normalized spacial score (nSPS) is 19.1. The number of nitrogens with one attached hydrogen (secondary N) is 1. The molecule has 112 valence electrons. The van der Waals surface area contributed by atoms with Crippen molar-refractivity contribution in [3.8, 4) is 0 Å². The number of nitrogens with zero attached hydrogens (tertiary/aromatic N) is 4. The van der Waals surface area contributed by atoms with Gasteiger partial charge in [0.25, 0.3) is 0 Å². The van der Waals surface area contributed by atoms with Crippen LogP contribution in [0.5, 0.6) is 0 Å². The van der Waals surface area contributed by atoms with Gasteiger partial charge in [0.05, 0.1) is 23.5 Å². The number of piperidine rings is 1. The molecule has 1 spiro atoms. The molecule has 6 heteroatoms. The first-order valence-corrected chi connectivity index (χ1v) is 7.50. The first-order valence-electron chi connectivity index (χ1n) is 7.50. The van der Waals surface area contributed by atoms with Gasteiger partial charge in [-0.2, -0.15) is 0 Å². The number of aryl methyl sites for hydroxylation is 1. The summed E-state index contributed by atoms with van der Waals surface area (Å²) in [7, 11) is 0. The molecule has 0 bridgehead atoms. The van der Waals surface area contributed by atoms with E-state index in [-0.39, 0.29) is 5.91 Å². The maximum atomic E-state index is 12.5. The lowest BCUT2D eigenvalue weighted by molar-refractivity contribution is -0.121. The van der Waals surface area contributed by atoms with Gasteiger partial charge < -0.3 is 10.2 Å². The molecule has 2 aromatic heterocycles. The van der Waals surface area contributed by atoms with Crippen molar-refractivity contribution >= 4 is 17.5 Å². The maximum Gasteiger partial charge on any atom is 0.236 e. The molecule has 2 aliphatic heterocycles. The monoisotopic (exact) mass is 295 g/mol. The highest BCUT2D eigenvalue weighted by Crippen LogP contribution is 2.44. The van der Waals surface area contributed by atoms with Gasteiger partial charge >= 0.3 is 0 Å². The minimum Gasteiger partial charge on any atom is -0.355 e. The molecule has 0 aromatic carbocycles. The second kappa shape index (κ2) is 4.76. The first-order chi connectivity index (χ1) is 10.7. The van der Waals surface area contributed by atoms with Crippen LogP contribution in [0.2, 0.25) is 0 Å². The van der Waals surface area contributed by atoms with Gasteiger partial charge in [-0.15, -0.1) is 0 Å². The highest BCUT2D eigenvalue weighted by atomic mass is 16.2. The summed E-state index contributed by atoms with van der Waals surface area (Å²) in [6.07, 6.45) is 6.84. The lowest BCUT2D eigenvalue weighted by atomic mass is 9.74. The van der Waals surface area contributed by atoms with Crippen molar-refractivity contribution in [3.63, 3.8) is 0 Å². The fraction of sp³-hybridized carbons (Fsp3) is 0.375. The number of amides is 1. The van der Waals surface area contributed by atoms with Crippen LogP contribution in [-0.2, 0) is 10.2 Å². The molecule has 1 fully saturated rings. The summed E-state index contributed by atoms with van der Waals surface area (Å²) in [5, 5.41) is 2.92. The zero-order chi connectivity index (χ0) is 15.2. The standard InChI is InChI=1S/C16H17N5O/c1-11-9-19-13(10-18-11)21-7-4-16(5-8-21)12-3-2-6-17-14(12)20-15(16)22/h2-3,6,9-10H,4-5,7-8H2,1H3,(H,17,20,22). The van der Waals surface area contributed by atoms with E-state index in [0.29, 0.717) is 0 Å². The number of hydrogen-bond donors (Lipinski definition) is 1. The molecule has 0 radical (unpaired) electrons. The van der Waals surface area contributed by atoms with Crippen LogP contribution in [0, 0.1) is 6.92 Å². The molecular formula is C16H17N5O. The van der Waals surface area contributed by atoms with Gasteiger partial charge in [0.1, 0.15) is 11.6 Å². The van der Waals surface area contributed by atoms with Gasteiger partial charge in [-0.05, 0) is 25.8 Å². The second-order valence-electron chi connectivity index (χ2n) is 5.94. The summed E-state index contributed by atoms with van der Waals surface area (Å²) in [6.45, 7) is 3.51. The summed E-state index contributed by atoms with van der Waals surface area (Å²) in [4.78, 5) is 27.7. The Morgan fingerprint density at radius 3 is 2.73 bits per heavy atom. The lowest BCUT2D eigenvalue weighted by Crippen LogP contribution is -2.46. The number of pyridine rings is 1. The number of anilines is 2. The third kappa shape index (κ3) is 1.87. The molecular weight excluding hydrogens is 278 g/mol. The van der Waals surface area contributed by atoms with E-state index in [1.54, 1.807) is 18.6 Å². The Morgan fingerprint density at radius 2 is 2.00 bits per heavy atom. The van der Waals surface area contributed by atoms with Crippen molar-refractivity contribution < 1.29 is 4.79 Å². The van der Waals surface area contributed by atoms with Gasteiger partial charge in [0.15, 0.2) is 0 Å². The summed E-state index contributed by atoms with van der Waals surface area (Å²) in [5.41, 5.74) is 1.51. The molecule has 6 nitrogen and oxygen atoms in total. The van der Waals surface area contributed by atoms with Gasteiger partial charge in [-0.1, -0.05) is 6.07 Å². The van der Waals surface area contributed by atoms with Crippen molar-refractivity contribution in [1.82, 2.24) is 15.0 Å². The predicted octanol–water partition coefficient (Wildman–Crippen LogP) is 1.67. The Hall–Kier alpha value is -2.50. The Kier molecular flexibility index (Phi) is 2.85. The summed E-state index contributed by atoms with van der Waals surface area (Å²) in [6, 6.07) is 3.92. The summed E-state index contributed by atoms with van der Waals surface area (Å²) < 4.78 is 0. The lowest BCUT2D eigenvalue weighted by Gasteiger charge is -2.38. The Balaban J connectivity index is 1.59. The number of carbonyl (C=O) groups excluding carboxylic acids is 1. The fourth-order valence-electron chi connectivity index (χ4n) is 3.40. The average Bonchev–Trinajstić information content (AvgIpc) is 2.82. The van der Waals surface area contributed by atoms with Crippen molar-refractivity contribution in [3.05, 3.63) is 42.0 Å². The van der Waals surface area contributed by atoms with Crippen LogP contribution in [0.25, 0.3) is 0 Å². The van der Waals surface area contributed by atoms with Crippen LogP contribution < -0.4 is 10.2 Å². The van der Waals surface area contributed by atoms with Crippen LogP contribution in [0.3, 0.4) is 0 Å². The molecule has 1 amide bonds.